The highest BCUT2D eigenvalue weighted by atomic mass is 35.5. The Balaban J connectivity index is 2.75. The van der Waals surface area contributed by atoms with Crippen LogP contribution in [0.5, 0.6) is 0 Å². The fraction of sp³-hybridized carbons (Fsp3) is 0.429. The highest BCUT2D eigenvalue weighted by Crippen LogP contribution is 2.25. The monoisotopic (exact) mass is 297 g/mol. The molecular formula is C14H20ClN3O2. The number of carbonyl (C=O) groups excluding carboxylic acids is 2. The molecule has 0 unspecified atom stereocenters. The number of anilines is 2. The van der Waals surface area contributed by atoms with Crippen molar-refractivity contribution in [2.75, 3.05) is 17.2 Å². The van der Waals surface area contributed by atoms with Crippen molar-refractivity contribution in [2.45, 2.75) is 26.7 Å². The van der Waals surface area contributed by atoms with E-state index in [0.29, 0.717) is 22.8 Å². The second-order valence-electron chi connectivity index (χ2n) is 4.93. The van der Waals surface area contributed by atoms with Gasteiger partial charge in [0.15, 0.2) is 0 Å². The fourth-order valence-corrected chi connectivity index (χ4v) is 1.79. The summed E-state index contributed by atoms with van der Waals surface area (Å²) in [6.07, 6.45) is 0.664. The first-order valence-corrected chi connectivity index (χ1v) is 6.89. The molecule has 0 aliphatic heterocycles. The second kappa shape index (κ2) is 7.87. The molecule has 0 saturated carbocycles. The van der Waals surface area contributed by atoms with E-state index in [-0.39, 0.29) is 30.7 Å². The lowest BCUT2D eigenvalue weighted by atomic mass is 10.1. The number of amides is 2. The summed E-state index contributed by atoms with van der Waals surface area (Å²) in [5.41, 5.74) is 6.38. The largest absolute Gasteiger partial charge is 0.330 e. The van der Waals surface area contributed by atoms with Gasteiger partial charge in [0.25, 0.3) is 0 Å². The molecule has 0 saturated heterocycles. The molecule has 110 valence electrons. The van der Waals surface area contributed by atoms with Crippen molar-refractivity contribution in [3.8, 4) is 0 Å². The minimum absolute atomic E-state index is 0.0680. The quantitative estimate of drug-likeness (QED) is 0.754. The van der Waals surface area contributed by atoms with E-state index in [1.165, 1.54) is 0 Å². The van der Waals surface area contributed by atoms with Crippen LogP contribution in [0.4, 0.5) is 11.4 Å². The average molecular weight is 298 g/mol. The molecule has 0 aliphatic carbocycles. The number of hydrogen-bond acceptors (Lipinski definition) is 3. The van der Waals surface area contributed by atoms with Crippen LogP contribution in [0.1, 0.15) is 26.7 Å². The lowest BCUT2D eigenvalue weighted by Crippen LogP contribution is -2.17. The lowest BCUT2D eigenvalue weighted by molar-refractivity contribution is -0.117. The maximum atomic E-state index is 11.7. The normalized spacial score (nSPS) is 10.4. The summed E-state index contributed by atoms with van der Waals surface area (Å²) in [6.45, 7) is 4.22. The van der Waals surface area contributed by atoms with Crippen molar-refractivity contribution in [3.05, 3.63) is 23.2 Å². The van der Waals surface area contributed by atoms with Crippen molar-refractivity contribution in [1.29, 1.82) is 0 Å². The van der Waals surface area contributed by atoms with Crippen LogP contribution < -0.4 is 16.4 Å². The van der Waals surface area contributed by atoms with Crippen LogP contribution in [-0.4, -0.2) is 18.4 Å². The molecule has 20 heavy (non-hydrogen) atoms. The van der Waals surface area contributed by atoms with Gasteiger partial charge >= 0.3 is 0 Å². The minimum atomic E-state index is -0.208. The maximum absolute atomic E-state index is 11.7. The van der Waals surface area contributed by atoms with Crippen LogP contribution in [0.15, 0.2) is 18.2 Å². The highest BCUT2D eigenvalue weighted by molar-refractivity contribution is 6.33. The van der Waals surface area contributed by atoms with Crippen LogP contribution in [0.3, 0.4) is 0 Å². The van der Waals surface area contributed by atoms with Crippen molar-refractivity contribution in [1.82, 2.24) is 0 Å². The van der Waals surface area contributed by atoms with Gasteiger partial charge in [0.2, 0.25) is 11.8 Å². The SMILES string of the molecule is CC(C)CC(=O)Nc1ccc(Cl)c(NC(=O)CCN)c1. The second-order valence-corrected chi connectivity index (χ2v) is 5.33. The highest BCUT2D eigenvalue weighted by Gasteiger charge is 2.09. The number of carbonyl (C=O) groups is 2. The van der Waals surface area contributed by atoms with Gasteiger partial charge in [0.1, 0.15) is 0 Å². The van der Waals surface area contributed by atoms with Crippen LogP contribution in [0.25, 0.3) is 0 Å². The summed E-state index contributed by atoms with van der Waals surface area (Å²) in [4.78, 5) is 23.2. The number of nitrogens with one attached hydrogen (secondary N) is 2. The van der Waals surface area contributed by atoms with Gasteiger partial charge in [-0.3, -0.25) is 9.59 Å². The lowest BCUT2D eigenvalue weighted by Gasteiger charge is -2.11. The number of halogens is 1. The first-order valence-electron chi connectivity index (χ1n) is 6.51. The molecule has 1 rings (SSSR count). The van der Waals surface area contributed by atoms with Crippen molar-refractivity contribution >= 4 is 34.8 Å². The summed E-state index contributed by atoms with van der Waals surface area (Å²) in [7, 11) is 0. The predicted octanol–water partition coefficient (Wildman–Crippen LogP) is 2.61. The van der Waals surface area contributed by atoms with Crippen molar-refractivity contribution in [2.24, 2.45) is 11.7 Å². The van der Waals surface area contributed by atoms with Crippen LogP contribution >= 0.6 is 11.6 Å². The molecule has 0 aliphatic rings. The predicted molar refractivity (Wildman–Crippen MR) is 81.8 cm³/mol. The molecule has 5 nitrogen and oxygen atoms in total. The van der Waals surface area contributed by atoms with Gasteiger partial charge in [-0.1, -0.05) is 25.4 Å². The van der Waals surface area contributed by atoms with E-state index >= 15 is 0 Å². The Morgan fingerprint density at radius 2 is 1.95 bits per heavy atom. The molecule has 6 heteroatoms. The molecule has 0 heterocycles. The molecule has 0 aromatic heterocycles. The smallest absolute Gasteiger partial charge is 0.225 e. The van der Waals surface area contributed by atoms with Crippen LogP contribution in [-0.2, 0) is 9.59 Å². The molecule has 1 aromatic carbocycles. The van der Waals surface area contributed by atoms with E-state index < -0.39 is 0 Å². The first kappa shape index (κ1) is 16.5. The summed E-state index contributed by atoms with van der Waals surface area (Å²) >= 11 is 6.00. The molecule has 0 spiro atoms. The number of benzene rings is 1. The van der Waals surface area contributed by atoms with Gasteiger partial charge in [-0.2, -0.15) is 0 Å². The Morgan fingerprint density at radius 3 is 2.55 bits per heavy atom. The molecule has 1 aromatic rings. The first-order chi connectivity index (χ1) is 9.42. The van der Waals surface area contributed by atoms with E-state index in [2.05, 4.69) is 10.6 Å². The Kier molecular flexibility index (Phi) is 6.48. The zero-order chi connectivity index (χ0) is 15.1. The van der Waals surface area contributed by atoms with E-state index in [0.717, 1.165) is 0 Å². The van der Waals surface area contributed by atoms with Gasteiger partial charge in [-0.25, -0.2) is 0 Å². The Labute approximate surface area is 123 Å². The van der Waals surface area contributed by atoms with Crippen LogP contribution in [0.2, 0.25) is 5.02 Å². The van der Waals surface area contributed by atoms with E-state index in [1.54, 1.807) is 18.2 Å². The Morgan fingerprint density at radius 1 is 1.25 bits per heavy atom. The van der Waals surface area contributed by atoms with Crippen molar-refractivity contribution < 1.29 is 9.59 Å². The van der Waals surface area contributed by atoms with Gasteiger partial charge < -0.3 is 16.4 Å². The average Bonchev–Trinajstić information content (AvgIpc) is 2.32. The summed E-state index contributed by atoms with van der Waals surface area (Å²) < 4.78 is 0. The summed E-state index contributed by atoms with van der Waals surface area (Å²) in [6, 6.07) is 4.96. The minimum Gasteiger partial charge on any atom is -0.330 e. The van der Waals surface area contributed by atoms with Crippen LogP contribution in [0, 0.1) is 5.92 Å². The third-order valence-corrected chi connectivity index (χ3v) is 2.82. The topological polar surface area (TPSA) is 84.2 Å². The standard InChI is InChI=1S/C14H20ClN3O2/c1-9(2)7-14(20)17-10-3-4-11(15)12(8-10)18-13(19)5-6-16/h3-4,8-9H,5-7,16H2,1-2H3,(H,17,20)(H,18,19). The third-order valence-electron chi connectivity index (χ3n) is 2.49. The van der Waals surface area contributed by atoms with Gasteiger partial charge in [0.05, 0.1) is 10.7 Å². The van der Waals surface area contributed by atoms with Gasteiger partial charge in [0, 0.05) is 25.1 Å². The fourth-order valence-electron chi connectivity index (χ4n) is 1.63. The Hall–Kier alpha value is -1.59. The molecule has 4 N–H and O–H groups in total. The molecule has 2 amide bonds. The maximum Gasteiger partial charge on any atom is 0.225 e. The molecule has 0 bridgehead atoms. The summed E-state index contributed by atoms with van der Waals surface area (Å²) in [5.74, 6) is 0.00708. The number of nitrogens with two attached hydrogens (primary N) is 1. The third kappa shape index (κ3) is 5.59. The van der Waals surface area contributed by atoms with E-state index in [1.807, 2.05) is 13.8 Å². The van der Waals surface area contributed by atoms with Gasteiger partial charge in [-0.05, 0) is 24.1 Å². The molecule has 0 fully saturated rings. The number of rotatable bonds is 6. The zero-order valence-electron chi connectivity index (χ0n) is 11.7. The van der Waals surface area contributed by atoms with Gasteiger partial charge in [-0.15, -0.1) is 0 Å². The number of hydrogen-bond donors (Lipinski definition) is 3. The molecule has 0 atom stereocenters. The molecule has 0 radical (unpaired) electrons. The summed E-state index contributed by atoms with van der Waals surface area (Å²) in [5, 5.41) is 5.85. The van der Waals surface area contributed by atoms with E-state index in [4.69, 9.17) is 17.3 Å². The molecular weight excluding hydrogens is 278 g/mol. The Bertz CT molecular complexity index is 489. The zero-order valence-corrected chi connectivity index (χ0v) is 12.5. The van der Waals surface area contributed by atoms with E-state index in [9.17, 15) is 9.59 Å². The van der Waals surface area contributed by atoms with Crippen molar-refractivity contribution in [3.63, 3.8) is 0 Å².